The van der Waals surface area contributed by atoms with Gasteiger partial charge in [-0.2, -0.15) is 9.68 Å². The maximum Gasteiger partial charge on any atom is 0.647 e. The third kappa shape index (κ3) is 1.61. The van der Waals surface area contributed by atoms with Crippen molar-refractivity contribution in [1.82, 2.24) is 0 Å². The second kappa shape index (κ2) is 3.59. The molecule has 0 amide bonds. The summed E-state index contributed by atoms with van der Waals surface area (Å²) in [6.07, 6.45) is 0. The fourth-order valence-electron chi connectivity index (χ4n) is 1.87. The first-order valence-electron chi connectivity index (χ1n) is 5.56. The minimum Gasteiger partial charge on any atom is -0.382 e. The van der Waals surface area contributed by atoms with Crippen LogP contribution in [0.15, 0.2) is 52.7 Å². The molecule has 19 heavy (non-hydrogen) atoms. The summed E-state index contributed by atoms with van der Waals surface area (Å²) in [6.45, 7) is 0. The number of fused-ring (bicyclic) bond motifs is 1. The molecule has 2 aliphatic heterocycles. The van der Waals surface area contributed by atoms with Crippen molar-refractivity contribution in [2.75, 3.05) is 0 Å². The summed E-state index contributed by atoms with van der Waals surface area (Å²) < 4.78 is 27.1. The van der Waals surface area contributed by atoms with E-state index in [0.29, 0.717) is 22.9 Å². The monoisotopic (exact) mass is 274 g/mol. The highest BCUT2D eigenvalue weighted by Crippen LogP contribution is 2.70. The van der Waals surface area contributed by atoms with Crippen LogP contribution in [0.3, 0.4) is 0 Å². The number of nitrogens with zero attached hydrogens (tertiary/aromatic N) is 2. The van der Waals surface area contributed by atoms with E-state index in [-0.39, 0.29) is 0 Å². The molecule has 1 atom stereocenters. The van der Waals surface area contributed by atoms with Crippen LogP contribution in [0.1, 0.15) is 0 Å². The summed E-state index contributed by atoms with van der Waals surface area (Å²) in [4.78, 5) is 0. The van der Waals surface area contributed by atoms with Gasteiger partial charge in [-0.25, -0.2) is 0 Å². The first kappa shape index (κ1) is 10.6. The molecule has 0 aliphatic carbocycles. The number of benzene rings is 2. The molecule has 6 nitrogen and oxygen atoms in total. The molecule has 2 aromatic rings. The Morgan fingerprint density at radius 3 is 2.42 bits per heavy atom. The average molecular weight is 274 g/mol. The first-order valence-corrected chi connectivity index (χ1v) is 7.02. The van der Waals surface area contributed by atoms with Gasteiger partial charge >= 0.3 is 7.82 Å². The van der Waals surface area contributed by atoms with Gasteiger partial charge in [0.1, 0.15) is 5.69 Å². The van der Waals surface area contributed by atoms with Crippen LogP contribution in [0.25, 0.3) is 0 Å². The van der Waals surface area contributed by atoms with Crippen LogP contribution in [0.5, 0.6) is 17.2 Å². The van der Waals surface area contributed by atoms with Gasteiger partial charge in [-0.15, -0.1) is 5.11 Å². The fourth-order valence-corrected chi connectivity index (χ4v) is 3.16. The van der Waals surface area contributed by atoms with Crippen LogP contribution in [0.4, 0.5) is 11.4 Å². The molecule has 7 heteroatoms. The number of phosphoric acid groups is 1. The van der Waals surface area contributed by atoms with Gasteiger partial charge in [0, 0.05) is 0 Å². The van der Waals surface area contributed by atoms with E-state index in [4.69, 9.17) is 13.6 Å². The Bertz CT molecular complexity index is 745. The van der Waals surface area contributed by atoms with Gasteiger partial charge in [0.2, 0.25) is 11.5 Å². The number of hydrogen-bond donors (Lipinski definition) is 0. The third-order valence-electron chi connectivity index (χ3n) is 2.70. The SMILES string of the molecule is O=P12Oc3ccc(N=Nc4ccccc4)c(c3O1)O2. The van der Waals surface area contributed by atoms with Crippen LogP contribution in [-0.4, -0.2) is 0 Å². The number of azo groups is 1. The maximum atomic E-state index is 11.8. The molecule has 0 N–H and O–H groups in total. The van der Waals surface area contributed by atoms with Gasteiger partial charge < -0.3 is 13.6 Å². The van der Waals surface area contributed by atoms with E-state index in [9.17, 15) is 4.57 Å². The molecule has 2 bridgehead atoms. The predicted octanol–water partition coefficient (Wildman–Crippen LogP) is 4.37. The van der Waals surface area contributed by atoms with Crippen molar-refractivity contribution in [2.24, 2.45) is 10.2 Å². The lowest BCUT2D eigenvalue weighted by Gasteiger charge is -2.09. The minimum atomic E-state index is -3.47. The molecule has 0 fully saturated rings. The van der Waals surface area contributed by atoms with Crippen LogP contribution in [-0.2, 0) is 4.57 Å². The van der Waals surface area contributed by atoms with Crippen molar-refractivity contribution in [3.63, 3.8) is 0 Å². The van der Waals surface area contributed by atoms with Crippen molar-refractivity contribution in [1.29, 1.82) is 0 Å². The quantitative estimate of drug-likeness (QED) is 0.602. The lowest BCUT2D eigenvalue weighted by atomic mass is 10.2. The smallest absolute Gasteiger partial charge is 0.382 e. The number of hydrogen-bond acceptors (Lipinski definition) is 6. The van der Waals surface area contributed by atoms with E-state index in [0.717, 1.165) is 5.69 Å². The van der Waals surface area contributed by atoms with Gasteiger partial charge in [-0.3, -0.25) is 0 Å². The van der Waals surface area contributed by atoms with Crippen molar-refractivity contribution in [2.45, 2.75) is 0 Å². The zero-order valence-corrected chi connectivity index (χ0v) is 10.4. The molecule has 4 rings (SSSR count). The van der Waals surface area contributed by atoms with E-state index in [1.54, 1.807) is 12.1 Å². The third-order valence-corrected chi connectivity index (χ3v) is 3.93. The topological polar surface area (TPSA) is 69.5 Å². The first-order chi connectivity index (χ1) is 9.23. The molecule has 0 saturated heterocycles. The molecule has 0 aromatic heterocycles. The lowest BCUT2D eigenvalue weighted by Crippen LogP contribution is -1.97. The molecule has 1 unspecified atom stereocenters. The van der Waals surface area contributed by atoms with Crippen molar-refractivity contribution in [3.8, 4) is 17.2 Å². The zero-order chi connectivity index (χ0) is 12.9. The van der Waals surface area contributed by atoms with E-state index < -0.39 is 7.82 Å². The summed E-state index contributed by atoms with van der Waals surface area (Å²) in [6, 6.07) is 12.6. The highest BCUT2D eigenvalue weighted by atomic mass is 31.2. The van der Waals surface area contributed by atoms with E-state index in [2.05, 4.69) is 10.2 Å². The second-order valence-electron chi connectivity index (χ2n) is 4.00. The molecular formula is C12H7N2O4P. The Morgan fingerprint density at radius 2 is 1.63 bits per heavy atom. The molecule has 0 saturated carbocycles. The standard InChI is InChI=1S/C12H7N2O4P/c15-19-16-10-7-6-9(11(17-19)12(10)18-19)14-13-8-4-2-1-3-5-8/h1-7H. The van der Waals surface area contributed by atoms with E-state index in [1.165, 1.54) is 0 Å². The molecule has 2 aliphatic rings. The Balaban J connectivity index is 1.74. The molecule has 0 spiro atoms. The molecule has 0 radical (unpaired) electrons. The number of phosphoric ester groups is 1. The summed E-state index contributed by atoms with van der Waals surface area (Å²) in [5, 5.41) is 8.16. The van der Waals surface area contributed by atoms with Crippen molar-refractivity contribution in [3.05, 3.63) is 42.5 Å². The van der Waals surface area contributed by atoms with Gasteiger partial charge in [0.15, 0.2) is 5.75 Å². The summed E-state index contributed by atoms with van der Waals surface area (Å²) in [5.74, 6) is 1.09. The van der Waals surface area contributed by atoms with Gasteiger partial charge in [-0.1, -0.05) is 18.2 Å². The zero-order valence-electron chi connectivity index (χ0n) is 9.52. The fraction of sp³-hybridized carbons (Fsp3) is 0. The van der Waals surface area contributed by atoms with Crippen LogP contribution < -0.4 is 13.6 Å². The highest BCUT2D eigenvalue weighted by Gasteiger charge is 2.51. The molecule has 94 valence electrons. The lowest BCUT2D eigenvalue weighted by molar-refractivity contribution is 0.354. The minimum absolute atomic E-state index is 0.326. The van der Waals surface area contributed by atoms with Gasteiger partial charge in [-0.05, 0) is 24.3 Å². The van der Waals surface area contributed by atoms with Gasteiger partial charge in [0.25, 0.3) is 0 Å². The van der Waals surface area contributed by atoms with E-state index in [1.807, 2.05) is 30.3 Å². The molecular weight excluding hydrogens is 267 g/mol. The van der Waals surface area contributed by atoms with Crippen LogP contribution in [0.2, 0.25) is 0 Å². The Morgan fingerprint density at radius 1 is 0.842 bits per heavy atom. The second-order valence-corrected chi connectivity index (χ2v) is 5.44. The van der Waals surface area contributed by atoms with Crippen LogP contribution in [0, 0.1) is 0 Å². The normalized spacial score (nSPS) is 22.1. The Kier molecular flexibility index (Phi) is 2.00. The average Bonchev–Trinajstić information content (AvgIpc) is 2.93. The van der Waals surface area contributed by atoms with Crippen molar-refractivity contribution < 1.29 is 18.1 Å². The summed E-state index contributed by atoms with van der Waals surface area (Å²) in [7, 11) is -3.47. The predicted molar refractivity (Wildman–Crippen MR) is 66.6 cm³/mol. The van der Waals surface area contributed by atoms with E-state index >= 15 is 0 Å². The molecule has 2 aromatic carbocycles. The van der Waals surface area contributed by atoms with Gasteiger partial charge in [0.05, 0.1) is 5.69 Å². The summed E-state index contributed by atoms with van der Waals surface area (Å²) in [5.41, 5.74) is 1.18. The highest BCUT2D eigenvalue weighted by molar-refractivity contribution is 7.50. The van der Waals surface area contributed by atoms with Crippen molar-refractivity contribution >= 4 is 19.2 Å². The maximum absolute atomic E-state index is 11.8. The largest absolute Gasteiger partial charge is 0.647 e. The molecule has 2 heterocycles. The van der Waals surface area contributed by atoms with Crippen LogP contribution >= 0.6 is 7.82 Å². The summed E-state index contributed by atoms with van der Waals surface area (Å²) >= 11 is 0. The Hall–Kier alpha value is -2.33. The number of rotatable bonds is 2. The Labute approximate surface area is 108 Å².